The number of benzene rings is 6. The van der Waals surface area contributed by atoms with Crippen LogP contribution in [0, 0.1) is 0 Å². The third-order valence-electron chi connectivity index (χ3n) is 15.1. The largest absolute Gasteiger partial charge is 0.493 e. The standard InChI is InChI=1S/C73H88O14/c1-7-9-11-18-22-26-52(3)82-70(76)58-34-30-54(31-35-58)56-38-44-62(45-39-56)84-72(78)60-42-48-64(66(50-60)80-5)86-68(74)28-24-20-16-14-13-15-17-21-25-29-69(75)87-65-49-43-61(51-67(65)81-6)73(79)85-63-46-40-57(41-47-63)55-32-36-59(37-33-55)71(77)83-53(4)27-23-19-12-10-8-2/h30-53H,7-29H2,1-6H3. The van der Waals surface area contributed by atoms with Gasteiger partial charge in [-0.3, -0.25) is 9.59 Å². The fourth-order valence-electron chi connectivity index (χ4n) is 9.93. The summed E-state index contributed by atoms with van der Waals surface area (Å²) in [5.41, 5.74) is 5.00. The second kappa shape index (κ2) is 37.3. The Bertz CT molecular complexity index is 2880. The van der Waals surface area contributed by atoms with Crippen molar-refractivity contribution >= 4 is 35.8 Å². The van der Waals surface area contributed by atoms with E-state index in [1.54, 1.807) is 48.5 Å². The van der Waals surface area contributed by atoms with Crippen molar-refractivity contribution in [2.75, 3.05) is 14.2 Å². The summed E-state index contributed by atoms with van der Waals surface area (Å²) in [5.74, 6) is -1.05. The Morgan fingerprint density at radius 3 is 0.954 bits per heavy atom. The van der Waals surface area contributed by atoms with E-state index in [0.717, 1.165) is 106 Å². The molecule has 0 heterocycles. The number of methoxy groups -OCH3 is 2. The molecule has 0 saturated carbocycles. The van der Waals surface area contributed by atoms with Crippen LogP contribution >= 0.6 is 0 Å². The predicted octanol–water partition coefficient (Wildman–Crippen LogP) is 18.1. The zero-order chi connectivity index (χ0) is 62.2. The first-order valence-electron chi connectivity index (χ1n) is 31.3. The van der Waals surface area contributed by atoms with Crippen LogP contribution in [0.2, 0.25) is 0 Å². The number of ether oxygens (including phenoxy) is 8. The normalized spacial score (nSPS) is 11.7. The fourth-order valence-corrected chi connectivity index (χ4v) is 9.93. The van der Waals surface area contributed by atoms with E-state index in [4.69, 9.17) is 37.9 Å². The van der Waals surface area contributed by atoms with E-state index in [1.165, 1.54) is 89.1 Å². The van der Waals surface area contributed by atoms with E-state index in [2.05, 4.69) is 13.8 Å². The topological polar surface area (TPSA) is 176 Å². The maximum absolute atomic E-state index is 13.1. The maximum Gasteiger partial charge on any atom is 0.343 e. The molecule has 0 radical (unpaired) electrons. The van der Waals surface area contributed by atoms with Crippen LogP contribution in [0.3, 0.4) is 0 Å². The quantitative estimate of drug-likeness (QED) is 0.0203. The van der Waals surface area contributed by atoms with Crippen LogP contribution < -0.4 is 28.4 Å². The molecule has 6 rings (SSSR count). The van der Waals surface area contributed by atoms with Crippen LogP contribution in [0.25, 0.3) is 22.3 Å². The molecule has 0 fully saturated rings. The van der Waals surface area contributed by atoms with Gasteiger partial charge in [0.05, 0.1) is 48.7 Å². The van der Waals surface area contributed by atoms with Crippen LogP contribution in [0.15, 0.2) is 133 Å². The third kappa shape index (κ3) is 23.5. The van der Waals surface area contributed by atoms with Gasteiger partial charge in [0.25, 0.3) is 0 Å². The molecule has 14 heteroatoms. The smallest absolute Gasteiger partial charge is 0.343 e. The molecule has 0 N–H and O–H groups in total. The molecule has 0 aliphatic rings. The van der Waals surface area contributed by atoms with Crippen LogP contribution in [-0.4, -0.2) is 62.2 Å². The summed E-state index contributed by atoms with van der Waals surface area (Å²) in [6.07, 6.45) is 21.8. The lowest BCUT2D eigenvalue weighted by Gasteiger charge is -2.13. The van der Waals surface area contributed by atoms with E-state index in [1.807, 2.05) is 62.4 Å². The number of carbonyl (C=O) groups excluding carboxylic acids is 6. The summed E-state index contributed by atoms with van der Waals surface area (Å²) in [6.45, 7) is 8.26. The van der Waals surface area contributed by atoms with Crippen LogP contribution in [0.4, 0.5) is 0 Å². The van der Waals surface area contributed by atoms with E-state index in [-0.39, 0.29) is 83.1 Å². The van der Waals surface area contributed by atoms with Gasteiger partial charge in [-0.25, -0.2) is 19.2 Å². The van der Waals surface area contributed by atoms with Gasteiger partial charge >= 0.3 is 35.8 Å². The van der Waals surface area contributed by atoms with Gasteiger partial charge < -0.3 is 37.9 Å². The number of esters is 6. The number of unbranched alkanes of at least 4 members (excludes halogenated alkanes) is 16. The van der Waals surface area contributed by atoms with E-state index in [9.17, 15) is 28.8 Å². The second-order valence-electron chi connectivity index (χ2n) is 22.2. The lowest BCUT2D eigenvalue weighted by molar-refractivity contribution is -0.135. The van der Waals surface area contributed by atoms with Gasteiger partial charge in [0, 0.05) is 12.8 Å². The predicted molar refractivity (Wildman–Crippen MR) is 338 cm³/mol. The van der Waals surface area contributed by atoms with Gasteiger partial charge in [-0.1, -0.05) is 159 Å². The van der Waals surface area contributed by atoms with Crippen molar-refractivity contribution in [2.24, 2.45) is 0 Å². The van der Waals surface area contributed by atoms with Gasteiger partial charge in [0.1, 0.15) is 11.5 Å². The van der Waals surface area contributed by atoms with Crippen molar-refractivity contribution in [2.45, 2.75) is 188 Å². The second-order valence-corrected chi connectivity index (χ2v) is 22.2. The number of rotatable bonds is 38. The number of carbonyl (C=O) groups is 6. The number of hydrogen-bond donors (Lipinski definition) is 0. The van der Waals surface area contributed by atoms with Gasteiger partial charge in [-0.15, -0.1) is 0 Å². The summed E-state index contributed by atoms with van der Waals surface area (Å²) in [6, 6.07) is 37.7. The maximum atomic E-state index is 13.1. The Balaban J connectivity index is 0.804. The fraction of sp³-hybridized carbons (Fsp3) is 0.425. The molecule has 0 aliphatic heterocycles. The van der Waals surface area contributed by atoms with Crippen molar-refractivity contribution in [3.8, 4) is 56.8 Å². The zero-order valence-electron chi connectivity index (χ0n) is 51.8. The van der Waals surface area contributed by atoms with Gasteiger partial charge in [0.2, 0.25) is 0 Å². The van der Waals surface area contributed by atoms with Crippen molar-refractivity contribution < 1.29 is 66.7 Å². The third-order valence-corrected chi connectivity index (χ3v) is 15.1. The average molecular weight is 1190 g/mol. The lowest BCUT2D eigenvalue weighted by atomic mass is 10.0. The highest BCUT2D eigenvalue weighted by Crippen LogP contribution is 2.32. The van der Waals surface area contributed by atoms with Gasteiger partial charge in [0.15, 0.2) is 23.0 Å². The lowest BCUT2D eigenvalue weighted by Crippen LogP contribution is -2.15. The molecule has 464 valence electrons. The minimum atomic E-state index is -0.600. The molecule has 2 unspecified atom stereocenters. The molecule has 0 saturated heterocycles. The van der Waals surface area contributed by atoms with Crippen molar-refractivity contribution in [1.29, 1.82) is 0 Å². The van der Waals surface area contributed by atoms with Crippen LogP contribution in [0.5, 0.6) is 34.5 Å². The first-order valence-corrected chi connectivity index (χ1v) is 31.3. The Hall–Kier alpha value is -8.26. The average Bonchev–Trinajstić information content (AvgIpc) is 3.71. The van der Waals surface area contributed by atoms with E-state index >= 15 is 0 Å². The summed E-state index contributed by atoms with van der Waals surface area (Å²) in [5, 5.41) is 0. The minimum Gasteiger partial charge on any atom is -0.493 e. The molecule has 0 bridgehead atoms. The molecule has 0 amide bonds. The van der Waals surface area contributed by atoms with Crippen molar-refractivity contribution in [3.63, 3.8) is 0 Å². The van der Waals surface area contributed by atoms with Gasteiger partial charge in [-0.2, -0.15) is 0 Å². The van der Waals surface area contributed by atoms with E-state index in [0.29, 0.717) is 35.5 Å². The molecule has 87 heavy (non-hydrogen) atoms. The highest BCUT2D eigenvalue weighted by Gasteiger charge is 2.20. The Kier molecular flexibility index (Phi) is 29.1. The molecular weight excluding hydrogens is 1100 g/mol. The Morgan fingerprint density at radius 1 is 0.322 bits per heavy atom. The first-order chi connectivity index (χ1) is 42.3. The first kappa shape index (κ1) is 67.9. The molecular formula is C73H88O14. The van der Waals surface area contributed by atoms with Crippen LogP contribution in [0.1, 0.15) is 217 Å². The highest BCUT2D eigenvalue weighted by molar-refractivity contribution is 5.94. The monoisotopic (exact) mass is 1190 g/mol. The van der Waals surface area contributed by atoms with E-state index < -0.39 is 11.9 Å². The Morgan fingerprint density at radius 2 is 0.621 bits per heavy atom. The highest BCUT2D eigenvalue weighted by atomic mass is 16.6. The SMILES string of the molecule is CCCCCCCC(C)OC(=O)c1ccc(-c2ccc(OC(=O)c3ccc(OC(=O)CCCCCCCCCCCC(=O)Oc4ccc(C(=O)Oc5ccc(-c6ccc(C(=O)OC(C)CCCCCCC)cc6)cc5)cc4OC)c(OC)c3)cc2)cc1. The minimum absolute atomic E-state index is 0.137. The molecule has 0 aromatic heterocycles. The molecule has 0 aliphatic carbocycles. The summed E-state index contributed by atoms with van der Waals surface area (Å²) in [4.78, 5) is 77.2. The van der Waals surface area contributed by atoms with Crippen LogP contribution in [-0.2, 0) is 19.1 Å². The van der Waals surface area contributed by atoms with Gasteiger partial charge in [-0.05, 0) is 160 Å². The zero-order valence-corrected chi connectivity index (χ0v) is 51.8. The summed E-state index contributed by atoms with van der Waals surface area (Å²) in [7, 11) is 2.88. The number of hydrogen-bond acceptors (Lipinski definition) is 14. The molecule has 6 aromatic carbocycles. The molecule has 2 atom stereocenters. The molecule has 0 spiro atoms. The van der Waals surface area contributed by atoms with Crippen molar-refractivity contribution in [3.05, 3.63) is 156 Å². The molecule has 14 nitrogen and oxygen atoms in total. The van der Waals surface area contributed by atoms with Crippen molar-refractivity contribution in [1.82, 2.24) is 0 Å². The summed E-state index contributed by atoms with van der Waals surface area (Å²) >= 11 is 0. The summed E-state index contributed by atoms with van der Waals surface area (Å²) < 4.78 is 44.7. The Labute approximate surface area is 514 Å². The molecule has 6 aromatic rings.